The number of piperidine rings is 1. The maximum atomic E-state index is 11.3. The first-order valence-corrected chi connectivity index (χ1v) is 19.8. The molecule has 0 amide bonds. The fraction of sp³-hybridized carbons (Fsp3) is 0.857. The van der Waals surface area contributed by atoms with Crippen LogP contribution in [0.2, 0.25) is 0 Å². The molecule has 4 N–H and O–H groups in total. The summed E-state index contributed by atoms with van der Waals surface area (Å²) in [6, 6.07) is 0.617. The van der Waals surface area contributed by atoms with Crippen molar-refractivity contribution in [2.24, 2.45) is 51.8 Å². The van der Waals surface area contributed by atoms with E-state index in [0.717, 1.165) is 24.7 Å². The van der Waals surface area contributed by atoms with Gasteiger partial charge in [-0.1, -0.05) is 61.1 Å². The second-order valence-corrected chi connectivity index (χ2v) is 19.1. The summed E-state index contributed by atoms with van der Waals surface area (Å²) in [5.41, 5.74) is 7.95. The molecule has 4 nitrogen and oxygen atoms in total. The Hall–Kier alpha value is -0.940. The summed E-state index contributed by atoms with van der Waals surface area (Å²) in [7, 11) is 0. The molecule has 1 aliphatic heterocycles. The third kappa shape index (κ3) is 4.57. The number of fused-ring (bicyclic) bond motifs is 8. The van der Waals surface area contributed by atoms with Crippen molar-refractivity contribution in [3.05, 3.63) is 34.9 Å². The summed E-state index contributed by atoms with van der Waals surface area (Å²) < 4.78 is 0. The van der Waals surface area contributed by atoms with E-state index in [2.05, 4.69) is 51.0 Å². The lowest BCUT2D eigenvalue weighted by Gasteiger charge is -2.63. The number of hydrogen-bond acceptors (Lipinski definition) is 4. The molecule has 1 heterocycles. The number of allylic oxidation sites excluding steroid dienone is 4. The van der Waals surface area contributed by atoms with Crippen molar-refractivity contribution in [2.45, 2.75) is 167 Å². The minimum Gasteiger partial charge on any atom is -0.392 e. The quantitative estimate of drug-likeness (QED) is 0.231. The molecule has 46 heavy (non-hydrogen) atoms. The lowest BCUT2D eigenvalue weighted by molar-refractivity contribution is -0.0724. The molecule has 7 fully saturated rings. The molecule has 0 aromatic carbocycles. The van der Waals surface area contributed by atoms with Crippen molar-refractivity contribution in [2.75, 3.05) is 6.54 Å². The van der Waals surface area contributed by atoms with E-state index in [1.807, 2.05) is 6.92 Å². The van der Waals surface area contributed by atoms with Gasteiger partial charge in [-0.15, -0.1) is 0 Å². The molecule has 8 aliphatic rings. The maximum absolute atomic E-state index is 11.3. The van der Waals surface area contributed by atoms with Gasteiger partial charge in [-0.05, 0) is 163 Å². The summed E-state index contributed by atoms with van der Waals surface area (Å²) in [5, 5.41) is 29.2. The van der Waals surface area contributed by atoms with Crippen molar-refractivity contribution in [1.29, 1.82) is 0 Å². The van der Waals surface area contributed by atoms with Gasteiger partial charge in [0, 0.05) is 24.2 Å². The van der Waals surface area contributed by atoms with Crippen molar-refractivity contribution < 1.29 is 10.2 Å². The Balaban J connectivity index is 1.08. The van der Waals surface area contributed by atoms with Gasteiger partial charge in [-0.3, -0.25) is 0 Å². The molecule has 256 valence electrons. The zero-order valence-corrected chi connectivity index (χ0v) is 30.0. The molecule has 0 unspecified atom stereocenters. The number of aliphatic hydroxyl groups is 2. The Morgan fingerprint density at radius 3 is 2.54 bits per heavy atom. The van der Waals surface area contributed by atoms with Crippen molar-refractivity contribution >= 4 is 0 Å². The first-order chi connectivity index (χ1) is 21.9. The highest BCUT2D eigenvalue weighted by molar-refractivity contribution is 5.45. The van der Waals surface area contributed by atoms with E-state index in [4.69, 9.17) is 0 Å². The van der Waals surface area contributed by atoms with Crippen LogP contribution in [0.15, 0.2) is 34.9 Å². The molecule has 6 saturated carbocycles. The van der Waals surface area contributed by atoms with E-state index < -0.39 is 0 Å². The summed E-state index contributed by atoms with van der Waals surface area (Å²) in [6.45, 7) is 17.1. The summed E-state index contributed by atoms with van der Waals surface area (Å²) >= 11 is 0. The van der Waals surface area contributed by atoms with Crippen LogP contribution < -0.4 is 10.6 Å². The fourth-order valence-corrected chi connectivity index (χ4v) is 15.2. The second kappa shape index (κ2) is 11.3. The van der Waals surface area contributed by atoms with E-state index >= 15 is 0 Å². The summed E-state index contributed by atoms with van der Waals surface area (Å²) in [4.78, 5) is 0. The van der Waals surface area contributed by atoms with E-state index in [0.29, 0.717) is 47.1 Å². The second-order valence-electron chi connectivity index (χ2n) is 19.1. The van der Waals surface area contributed by atoms with Gasteiger partial charge < -0.3 is 20.8 Å². The largest absolute Gasteiger partial charge is 0.392 e. The van der Waals surface area contributed by atoms with Crippen molar-refractivity contribution in [1.82, 2.24) is 10.6 Å². The molecule has 7 aliphatic carbocycles. The number of aliphatic hydroxyl groups excluding tert-OH is 2. The SMILES string of the molecule is C=C(C)[C@H]1CC2=C(C)C=C([C@@H]3CC[C@@H]4C[C@@H]5C[C@H]6C[C@H](NC[C@H](C)O)[C@H](O)C[C@H]6[C@@H]5[C@]4(C)N3)C[C@]2(C)[C@@]2(CCCC23CCCC3)C1. The molecule has 0 radical (unpaired) electrons. The highest BCUT2D eigenvalue weighted by atomic mass is 16.3. The van der Waals surface area contributed by atoms with Gasteiger partial charge in [0.05, 0.1) is 12.2 Å². The van der Waals surface area contributed by atoms with Gasteiger partial charge in [-0.25, -0.2) is 0 Å². The molecule has 1 saturated heterocycles. The average Bonchev–Trinajstić information content (AvgIpc) is 3.76. The van der Waals surface area contributed by atoms with E-state index in [-0.39, 0.29) is 29.2 Å². The Kier molecular flexibility index (Phi) is 7.92. The van der Waals surface area contributed by atoms with Gasteiger partial charge in [0.1, 0.15) is 0 Å². The molecule has 0 aromatic rings. The minimum absolute atomic E-state index is 0.133. The molecule has 0 bridgehead atoms. The average molecular weight is 631 g/mol. The van der Waals surface area contributed by atoms with E-state index in [9.17, 15) is 10.2 Å². The number of rotatable bonds is 5. The zero-order chi connectivity index (χ0) is 32.2. The van der Waals surface area contributed by atoms with Crippen LogP contribution in [0, 0.1) is 51.8 Å². The topological polar surface area (TPSA) is 64.5 Å². The van der Waals surface area contributed by atoms with Gasteiger partial charge in [0.15, 0.2) is 0 Å². The lowest BCUT2D eigenvalue weighted by atomic mass is 9.41. The standard InChI is InChI=1S/C42H66N2O2/c1-25(2)30-19-34-26(3)16-31(22-39(34,5)42(23-30)15-9-14-41(42)12-7-8-13-41)35-11-10-32-18-29-17-28-20-36(43-24-27(4)45)37(46)21-33(28)38(29)40(32,6)44-35/h16,27-30,32-33,35-38,43-46H,1,7-15,17-24H2,2-6H3/t27-,28-,29-,30-,32+,33+,35-,36-,37+,38+,39-,40+,42+/m0/s1. The van der Waals surface area contributed by atoms with Gasteiger partial charge in [0.2, 0.25) is 0 Å². The Morgan fingerprint density at radius 1 is 1.04 bits per heavy atom. The van der Waals surface area contributed by atoms with E-state index in [1.165, 1.54) is 95.5 Å². The van der Waals surface area contributed by atoms with Crippen LogP contribution in [0.25, 0.3) is 0 Å². The van der Waals surface area contributed by atoms with Crippen molar-refractivity contribution in [3.8, 4) is 0 Å². The van der Waals surface area contributed by atoms with Gasteiger partial charge in [-0.2, -0.15) is 0 Å². The Morgan fingerprint density at radius 2 is 1.80 bits per heavy atom. The zero-order valence-electron chi connectivity index (χ0n) is 30.0. The third-order valence-corrected chi connectivity index (χ3v) is 17.0. The lowest BCUT2D eigenvalue weighted by Crippen LogP contribution is -2.61. The first kappa shape index (κ1) is 32.3. The van der Waals surface area contributed by atoms with Crippen molar-refractivity contribution in [3.63, 3.8) is 0 Å². The molecule has 13 atom stereocenters. The normalized spacial score (nSPS) is 49.9. The Labute approximate surface area is 280 Å². The van der Waals surface area contributed by atoms with Crippen LogP contribution in [0.1, 0.15) is 137 Å². The van der Waals surface area contributed by atoms with Crippen LogP contribution in [-0.2, 0) is 0 Å². The predicted octanol–water partition coefficient (Wildman–Crippen LogP) is 8.25. The number of hydrogen-bond donors (Lipinski definition) is 4. The number of nitrogens with one attached hydrogen (secondary N) is 2. The predicted molar refractivity (Wildman–Crippen MR) is 188 cm³/mol. The molecular formula is C42H66N2O2. The monoisotopic (exact) mass is 631 g/mol. The molecule has 0 aromatic heterocycles. The third-order valence-electron chi connectivity index (χ3n) is 17.0. The Bertz CT molecular complexity index is 1290. The molecule has 4 heteroatoms. The fourth-order valence-electron chi connectivity index (χ4n) is 15.2. The van der Waals surface area contributed by atoms with Gasteiger partial charge >= 0.3 is 0 Å². The molecule has 2 spiro atoms. The minimum atomic E-state index is -0.366. The first-order valence-electron chi connectivity index (χ1n) is 19.8. The van der Waals surface area contributed by atoms with Crippen LogP contribution in [0.4, 0.5) is 0 Å². The summed E-state index contributed by atoms with van der Waals surface area (Å²) in [6.07, 6.45) is 23.4. The summed E-state index contributed by atoms with van der Waals surface area (Å²) in [5.74, 6) is 4.22. The van der Waals surface area contributed by atoms with Crippen LogP contribution >= 0.6 is 0 Å². The molecule has 8 rings (SSSR count). The molecular weight excluding hydrogens is 564 g/mol. The van der Waals surface area contributed by atoms with E-state index in [1.54, 1.807) is 16.7 Å². The van der Waals surface area contributed by atoms with Crippen LogP contribution in [-0.4, -0.2) is 46.6 Å². The highest BCUT2D eigenvalue weighted by Gasteiger charge is 2.67. The van der Waals surface area contributed by atoms with Crippen LogP contribution in [0.5, 0.6) is 0 Å². The van der Waals surface area contributed by atoms with Gasteiger partial charge in [0.25, 0.3) is 0 Å². The van der Waals surface area contributed by atoms with Crippen LogP contribution in [0.3, 0.4) is 0 Å². The maximum Gasteiger partial charge on any atom is 0.0696 e. The highest BCUT2D eigenvalue weighted by Crippen LogP contribution is 2.76. The smallest absolute Gasteiger partial charge is 0.0696 e.